The van der Waals surface area contributed by atoms with Crippen LogP contribution in [0.3, 0.4) is 0 Å². The summed E-state index contributed by atoms with van der Waals surface area (Å²) in [5.74, 6) is 2.47. The molecule has 104 valence electrons. The largest absolute Gasteiger partial charge is 0.301 e. The lowest BCUT2D eigenvalue weighted by Gasteiger charge is -2.35. The molecule has 0 aliphatic heterocycles. The van der Waals surface area contributed by atoms with E-state index in [0.29, 0.717) is 12.1 Å². The average Bonchev–Trinajstić information content (AvgIpc) is 2.32. The summed E-state index contributed by atoms with van der Waals surface area (Å²) in [5, 5.41) is 0. The quantitative estimate of drug-likeness (QED) is 0.589. The van der Waals surface area contributed by atoms with Crippen LogP contribution < -0.4 is 0 Å². The van der Waals surface area contributed by atoms with Crippen molar-refractivity contribution in [2.24, 2.45) is 17.8 Å². The highest BCUT2D eigenvalue weighted by Gasteiger charge is 2.20. The van der Waals surface area contributed by atoms with E-state index in [-0.39, 0.29) is 0 Å². The van der Waals surface area contributed by atoms with Crippen molar-refractivity contribution in [2.75, 3.05) is 7.05 Å². The van der Waals surface area contributed by atoms with E-state index in [4.69, 9.17) is 0 Å². The first-order chi connectivity index (χ1) is 7.81. The molecule has 4 atom stereocenters. The Kier molecular flexibility index (Phi) is 8.11. The Bertz CT molecular complexity index is 188. The zero-order valence-corrected chi connectivity index (χ0v) is 13.5. The van der Waals surface area contributed by atoms with Gasteiger partial charge in [-0.2, -0.15) is 0 Å². The minimum absolute atomic E-state index is 0.698. The van der Waals surface area contributed by atoms with Crippen LogP contribution in [0, 0.1) is 17.8 Å². The van der Waals surface area contributed by atoms with E-state index < -0.39 is 0 Å². The van der Waals surface area contributed by atoms with E-state index >= 15 is 0 Å². The summed E-state index contributed by atoms with van der Waals surface area (Å²) in [4.78, 5) is 2.57. The number of hydrogen-bond donors (Lipinski definition) is 0. The average molecular weight is 241 g/mol. The zero-order chi connectivity index (χ0) is 13.6. The van der Waals surface area contributed by atoms with Crippen molar-refractivity contribution in [1.29, 1.82) is 0 Å². The molecule has 0 fully saturated rings. The molecule has 0 saturated carbocycles. The third-order valence-electron chi connectivity index (χ3n) is 4.98. The maximum Gasteiger partial charge on any atom is 0.00922 e. The number of hydrogen-bond acceptors (Lipinski definition) is 1. The fourth-order valence-corrected chi connectivity index (χ4v) is 2.18. The summed E-state index contributed by atoms with van der Waals surface area (Å²) in [5.41, 5.74) is 0. The van der Waals surface area contributed by atoms with Crippen molar-refractivity contribution in [2.45, 2.75) is 79.8 Å². The van der Waals surface area contributed by atoms with Crippen molar-refractivity contribution < 1.29 is 0 Å². The molecule has 0 amide bonds. The molecule has 17 heavy (non-hydrogen) atoms. The highest BCUT2D eigenvalue weighted by Crippen LogP contribution is 2.21. The van der Waals surface area contributed by atoms with Crippen LogP contribution in [0.5, 0.6) is 0 Å². The summed E-state index contributed by atoms with van der Waals surface area (Å²) in [6, 6.07) is 1.41. The molecule has 0 aliphatic rings. The van der Waals surface area contributed by atoms with Crippen LogP contribution in [0.15, 0.2) is 0 Å². The third kappa shape index (κ3) is 5.90. The summed E-state index contributed by atoms with van der Waals surface area (Å²) < 4.78 is 0. The molecule has 0 heterocycles. The Morgan fingerprint density at radius 3 is 1.76 bits per heavy atom. The van der Waals surface area contributed by atoms with E-state index in [0.717, 1.165) is 17.8 Å². The van der Waals surface area contributed by atoms with Gasteiger partial charge in [-0.15, -0.1) is 0 Å². The SMILES string of the molecule is CCC(C)C(C)N(C)C(C)CCC(C)C(C)C. The molecule has 0 aliphatic carbocycles. The highest BCUT2D eigenvalue weighted by atomic mass is 15.2. The summed E-state index contributed by atoms with van der Waals surface area (Å²) >= 11 is 0. The highest BCUT2D eigenvalue weighted by molar-refractivity contribution is 4.75. The first kappa shape index (κ1) is 17.0. The van der Waals surface area contributed by atoms with E-state index in [2.05, 4.69) is 60.4 Å². The molecule has 0 aromatic heterocycles. The molecular weight excluding hydrogens is 206 g/mol. The molecule has 0 bridgehead atoms. The van der Waals surface area contributed by atoms with Crippen molar-refractivity contribution in [3.63, 3.8) is 0 Å². The van der Waals surface area contributed by atoms with E-state index in [9.17, 15) is 0 Å². The van der Waals surface area contributed by atoms with Gasteiger partial charge in [0.1, 0.15) is 0 Å². The summed E-state index contributed by atoms with van der Waals surface area (Å²) in [6.07, 6.45) is 3.97. The number of rotatable bonds is 8. The van der Waals surface area contributed by atoms with E-state index in [1.54, 1.807) is 0 Å². The van der Waals surface area contributed by atoms with Gasteiger partial charge in [0, 0.05) is 12.1 Å². The van der Waals surface area contributed by atoms with Gasteiger partial charge in [0.15, 0.2) is 0 Å². The van der Waals surface area contributed by atoms with Crippen LogP contribution in [0.25, 0.3) is 0 Å². The Morgan fingerprint density at radius 2 is 1.35 bits per heavy atom. The lowest BCUT2D eigenvalue weighted by atomic mass is 9.91. The van der Waals surface area contributed by atoms with E-state index in [1.807, 2.05) is 0 Å². The predicted molar refractivity (Wildman–Crippen MR) is 79.4 cm³/mol. The minimum Gasteiger partial charge on any atom is -0.301 e. The van der Waals surface area contributed by atoms with Crippen molar-refractivity contribution in [1.82, 2.24) is 4.90 Å². The van der Waals surface area contributed by atoms with Crippen LogP contribution in [0.1, 0.15) is 67.7 Å². The zero-order valence-electron chi connectivity index (χ0n) is 13.5. The van der Waals surface area contributed by atoms with Crippen LogP contribution in [-0.2, 0) is 0 Å². The molecule has 1 heteroatoms. The van der Waals surface area contributed by atoms with Gasteiger partial charge in [0.2, 0.25) is 0 Å². The summed E-state index contributed by atoms with van der Waals surface area (Å²) in [7, 11) is 2.29. The predicted octanol–water partition coefficient (Wildman–Crippen LogP) is 4.81. The third-order valence-corrected chi connectivity index (χ3v) is 4.98. The topological polar surface area (TPSA) is 3.24 Å². The molecule has 0 aromatic carbocycles. The van der Waals surface area contributed by atoms with Crippen LogP contribution in [0.4, 0.5) is 0 Å². The van der Waals surface area contributed by atoms with Crippen molar-refractivity contribution in [3.05, 3.63) is 0 Å². The van der Waals surface area contributed by atoms with E-state index in [1.165, 1.54) is 19.3 Å². The maximum atomic E-state index is 2.57. The lowest BCUT2D eigenvalue weighted by Crippen LogP contribution is -2.40. The van der Waals surface area contributed by atoms with Gasteiger partial charge in [-0.1, -0.05) is 41.0 Å². The molecule has 0 saturated heterocycles. The number of nitrogens with zero attached hydrogens (tertiary/aromatic N) is 1. The van der Waals surface area contributed by atoms with Crippen LogP contribution in [-0.4, -0.2) is 24.0 Å². The van der Waals surface area contributed by atoms with Gasteiger partial charge in [-0.25, -0.2) is 0 Å². The van der Waals surface area contributed by atoms with Crippen LogP contribution in [0.2, 0.25) is 0 Å². The second-order valence-electron chi connectivity index (χ2n) is 6.44. The molecule has 0 rings (SSSR count). The molecule has 0 spiro atoms. The van der Waals surface area contributed by atoms with Gasteiger partial charge >= 0.3 is 0 Å². The van der Waals surface area contributed by atoms with Gasteiger partial charge in [0.25, 0.3) is 0 Å². The first-order valence-electron chi connectivity index (χ1n) is 7.53. The van der Waals surface area contributed by atoms with Gasteiger partial charge in [-0.05, 0) is 51.5 Å². The molecule has 0 N–H and O–H groups in total. The maximum absolute atomic E-state index is 2.57. The fourth-order valence-electron chi connectivity index (χ4n) is 2.18. The van der Waals surface area contributed by atoms with Crippen molar-refractivity contribution in [3.8, 4) is 0 Å². The molecule has 0 aromatic rings. The molecule has 0 radical (unpaired) electrons. The lowest BCUT2D eigenvalue weighted by molar-refractivity contribution is 0.136. The second kappa shape index (κ2) is 8.13. The van der Waals surface area contributed by atoms with Gasteiger partial charge in [-0.3, -0.25) is 0 Å². The monoisotopic (exact) mass is 241 g/mol. The normalized spacial score (nSPS) is 19.4. The smallest absolute Gasteiger partial charge is 0.00922 e. The molecular formula is C16H35N. The standard InChI is InChI=1S/C16H35N/c1-9-13(4)16(7)17(8)15(6)11-10-14(5)12(2)3/h12-16H,9-11H2,1-8H3. The Labute approximate surface area is 110 Å². The Morgan fingerprint density at radius 1 is 0.824 bits per heavy atom. The molecule has 1 nitrogen and oxygen atoms in total. The summed E-state index contributed by atoms with van der Waals surface area (Å²) in [6.45, 7) is 16.5. The first-order valence-corrected chi connectivity index (χ1v) is 7.53. The fraction of sp³-hybridized carbons (Fsp3) is 1.00. The Hall–Kier alpha value is -0.0400. The van der Waals surface area contributed by atoms with Crippen molar-refractivity contribution >= 4 is 0 Å². The molecule has 4 unspecified atom stereocenters. The second-order valence-corrected chi connectivity index (χ2v) is 6.44. The van der Waals surface area contributed by atoms with Gasteiger partial charge < -0.3 is 4.90 Å². The Balaban J connectivity index is 4.09. The minimum atomic E-state index is 0.698. The van der Waals surface area contributed by atoms with Gasteiger partial charge in [0.05, 0.1) is 0 Å². The van der Waals surface area contributed by atoms with Crippen LogP contribution >= 0.6 is 0 Å².